The number of hydrogen-bond donors (Lipinski definition) is 0. The lowest BCUT2D eigenvalue weighted by Crippen LogP contribution is -2.26. The SMILES string of the molecule is CCCCc1nc2c[n+]([O-])c3cc(OCc4ccccc4)ccc3c2n1CCOc1ccccc1. The van der Waals surface area contributed by atoms with Crippen molar-refractivity contribution in [3.63, 3.8) is 0 Å². The third-order valence-electron chi connectivity index (χ3n) is 6.10. The highest BCUT2D eigenvalue weighted by atomic mass is 16.5. The lowest BCUT2D eigenvalue weighted by Gasteiger charge is -2.12. The molecule has 0 atom stereocenters. The molecule has 0 aliphatic carbocycles. The number of pyridine rings is 1. The molecule has 2 aromatic heterocycles. The number of imidazole rings is 1. The fourth-order valence-electron chi connectivity index (χ4n) is 4.34. The van der Waals surface area contributed by atoms with Gasteiger partial charge in [0.2, 0.25) is 11.7 Å². The normalized spacial score (nSPS) is 11.2. The Hall–Kier alpha value is -4.06. The summed E-state index contributed by atoms with van der Waals surface area (Å²) < 4.78 is 15.1. The summed E-state index contributed by atoms with van der Waals surface area (Å²) in [5.74, 6) is 2.49. The number of benzene rings is 3. The second kappa shape index (κ2) is 10.5. The molecular formula is C29H29N3O3. The van der Waals surface area contributed by atoms with E-state index in [1.807, 2.05) is 78.9 Å². The summed E-state index contributed by atoms with van der Waals surface area (Å²) in [5.41, 5.74) is 3.31. The van der Waals surface area contributed by atoms with Crippen molar-refractivity contribution in [3.8, 4) is 11.5 Å². The fraction of sp³-hybridized carbons (Fsp3) is 0.241. The van der Waals surface area contributed by atoms with Crippen LogP contribution in [-0.4, -0.2) is 16.2 Å². The Morgan fingerprint density at radius 2 is 1.69 bits per heavy atom. The average Bonchev–Trinajstić information content (AvgIpc) is 3.24. The predicted molar refractivity (Wildman–Crippen MR) is 138 cm³/mol. The topological polar surface area (TPSA) is 63.2 Å². The number of para-hydroxylation sites is 1. The molecule has 0 saturated carbocycles. The van der Waals surface area contributed by atoms with Crippen molar-refractivity contribution in [1.29, 1.82) is 0 Å². The van der Waals surface area contributed by atoms with Crippen molar-refractivity contribution < 1.29 is 14.2 Å². The molecule has 0 radical (unpaired) electrons. The minimum absolute atomic E-state index is 0.448. The molecule has 2 heterocycles. The molecule has 0 aliphatic rings. The monoisotopic (exact) mass is 467 g/mol. The van der Waals surface area contributed by atoms with Gasteiger partial charge >= 0.3 is 0 Å². The molecular weight excluding hydrogens is 438 g/mol. The first-order valence-electron chi connectivity index (χ1n) is 12.1. The molecule has 0 N–H and O–H groups in total. The van der Waals surface area contributed by atoms with Crippen LogP contribution in [0.3, 0.4) is 0 Å². The van der Waals surface area contributed by atoms with Crippen molar-refractivity contribution in [2.75, 3.05) is 6.61 Å². The third-order valence-corrected chi connectivity index (χ3v) is 6.10. The smallest absolute Gasteiger partial charge is 0.229 e. The number of nitrogens with zero attached hydrogens (tertiary/aromatic N) is 3. The van der Waals surface area contributed by atoms with Crippen LogP contribution in [0.4, 0.5) is 0 Å². The molecule has 6 heteroatoms. The predicted octanol–water partition coefficient (Wildman–Crippen LogP) is 5.82. The lowest BCUT2D eigenvalue weighted by molar-refractivity contribution is -0.575. The Labute approximate surface area is 205 Å². The Morgan fingerprint density at radius 3 is 2.46 bits per heavy atom. The van der Waals surface area contributed by atoms with Crippen LogP contribution in [0.2, 0.25) is 0 Å². The van der Waals surface area contributed by atoms with Crippen molar-refractivity contribution in [1.82, 2.24) is 9.55 Å². The van der Waals surface area contributed by atoms with Gasteiger partial charge in [0.25, 0.3) is 0 Å². The van der Waals surface area contributed by atoms with Gasteiger partial charge in [-0.05, 0) is 36.2 Å². The first-order valence-corrected chi connectivity index (χ1v) is 12.1. The van der Waals surface area contributed by atoms with E-state index in [2.05, 4.69) is 11.5 Å². The van der Waals surface area contributed by atoms with Crippen LogP contribution < -0.4 is 14.2 Å². The molecule has 0 unspecified atom stereocenters. The number of aromatic nitrogens is 3. The van der Waals surface area contributed by atoms with Gasteiger partial charge in [0.15, 0.2) is 5.52 Å². The highest BCUT2D eigenvalue weighted by Gasteiger charge is 2.19. The van der Waals surface area contributed by atoms with E-state index in [0.717, 1.165) is 52.0 Å². The second-order valence-corrected chi connectivity index (χ2v) is 8.59. The van der Waals surface area contributed by atoms with Gasteiger partial charge in [0.1, 0.15) is 30.5 Å². The van der Waals surface area contributed by atoms with Crippen LogP contribution in [-0.2, 0) is 19.6 Å². The van der Waals surface area contributed by atoms with E-state index < -0.39 is 0 Å². The van der Waals surface area contributed by atoms with Crippen LogP contribution >= 0.6 is 0 Å². The molecule has 35 heavy (non-hydrogen) atoms. The van der Waals surface area contributed by atoms with Crippen LogP contribution in [0.25, 0.3) is 21.9 Å². The Bertz CT molecular complexity index is 1420. The third kappa shape index (κ3) is 5.06. The van der Waals surface area contributed by atoms with Crippen molar-refractivity contribution in [2.24, 2.45) is 0 Å². The lowest BCUT2D eigenvalue weighted by atomic mass is 10.1. The zero-order chi connectivity index (χ0) is 24.0. The Kier molecular flexibility index (Phi) is 6.80. The van der Waals surface area contributed by atoms with Crippen molar-refractivity contribution in [2.45, 2.75) is 39.3 Å². The van der Waals surface area contributed by atoms with Gasteiger partial charge in [-0.25, -0.2) is 4.98 Å². The minimum atomic E-state index is 0.448. The molecule has 3 aromatic carbocycles. The molecule has 5 rings (SSSR count). The number of unbranched alkanes of at least 4 members (excludes halogenated alkanes) is 1. The van der Waals surface area contributed by atoms with Crippen LogP contribution in [0, 0.1) is 5.21 Å². The molecule has 0 spiro atoms. The van der Waals surface area contributed by atoms with Gasteiger partial charge in [-0.15, -0.1) is 0 Å². The highest BCUT2D eigenvalue weighted by Crippen LogP contribution is 2.28. The largest absolute Gasteiger partial charge is 0.618 e. The van der Waals surface area contributed by atoms with Crippen LogP contribution in [0.5, 0.6) is 11.5 Å². The highest BCUT2D eigenvalue weighted by molar-refractivity contribution is 6.01. The van der Waals surface area contributed by atoms with Crippen molar-refractivity contribution in [3.05, 3.63) is 102 Å². The molecule has 0 aliphatic heterocycles. The molecule has 5 aromatic rings. The molecule has 0 fully saturated rings. The second-order valence-electron chi connectivity index (χ2n) is 8.59. The average molecular weight is 468 g/mol. The number of rotatable bonds is 10. The van der Waals surface area contributed by atoms with E-state index in [9.17, 15) is 5.21 Å². The van der Waals surface area contributed by atoms with E-state index in [-0.39, 0.29) is 0 Å². The zero-order valence-corrected chi connectivity index (χ0v) is 19.9. The van der Waals surface area contributed by atoms with Gasteiger partial charge < -0.3 is 19.2 Å². The maximum atomic E-state index is 12.9. The van der Waals surface area contributed by atoms with E-state index in [0.29, 0.717) is 36.5 Å². The maximum absolute atomic E-state index is 12.9. The standard InChI is InChI=1S/C29H29N3O3/c1-2-3-14-28-30-26-20-32(33)27-19-24(35-21-22-10-6-4-7-11-22)15-16-25(27)29(26)31(28)17-18-34-23-12-8-5-9-13-23/h4-13,15-16,19-20H,2-3,14,17-18,21H2,1H3. The summed E-state index contributed by atoms with van der Waals surface area (Å²) in [4.78, 5) is 4.84. The molecule has 0 amide bonds. The van der Waals surface area contributed by atoms with Crippen LogP contribution in [0.15, 0.2) is 85.1 Å². The summed E-state index contributed by atoms with van der Waals surface area (Å²) in [6.45, 7) is 3.78. The summed E-state index contributed by atoms with van der Waals surface area (Å²) in [7, 11) is 0. The van der Waals surface area contributed by atoms with Gasteiger partial charge in [-0.2, -0.15) is 4.73 Å². The zero-order valence-electron chi connectivity index (χ0n) is 19.9. The summed E-state index contributed by atoms with van der Waals surface area (Å²) in [6.07, 6.45) is 4.54. The summed E-state index contributed by atoms with van der Waals surface area (Å²) in [5, 5.41) is 13.8. The molecule has 178 valence electrons. The molecule has 0 bridgehead atoms. The Balaban J connectivity index is 1.48. The fourth-order valence-corrected chi connectivity index (χ4v) is 4.34. The number of hydrogen-bond acceptors (Lipinski definition) is 4. The van der Waals surface area contributed by atoms with E-state index in [4.69, 9.17) is 14.5 Å². The number of aryl methyl sites for hydroxylation is 1. The van der Waals surface area contributed by atoms with Crippen molar-refractivity contribution >= 4 is 21.9 Å². The van der Waals surface area contributed by atoms with Gasteiger partial charge in [-0.3, -0.25) is 0 Å². The van der Waals surface area contributed by atoms with E-state index in [1.54, 1.807) is 6.20 Å². The first kappa shape index (κ1) is 22.7. The maximum Gasteiger partial charge on any atom is 0.229 e. The van der Waals surface area contributed by atoms with E-state index in [1.165, 1.54) is 0 Å². The molecule has 0 saturated heterocycles. The molecule has 6 nitrogen and oxygen atoms in total. The van der Waals surface area contributed by atoms with E-state index >= 15 is 0 Å². The van der Waals surface area contributed by atoms with Gasteiger partial charge in [0.05, 0.1) is 23.5 Å². The summed E-state index contributed by atoms with van der Waals surface area (Å²) >= 11 is 0. The quantitative estimate of drug-likeness (QED) is 0.192. The Morgan fingerprint density at radius 1 is 0.914 bits per heavy atom. The first-order chi connectivity index (χ1) is 17.2. The van der Waals surface area contributed by atoms with Gasteiger partial charge in [0, 0.05) is 6.42 Å². The van der Waals surface area contributed by atoms with Crippen LogP contribution in [0.1, 0.15) is 31.2 Å². The summed E-state index contributed by atoms with van der Waals surface area (Å²) in [6, 6.07) is 25.5. The minimum Gasteiger partial charge on any atom is -0.618 e. The number of fused-ring (bicyclic) bond motifs is 3. The number of ether oxygens (including phenoxy) is 2. The van der Waals surface area contributed by atoms with Gasteiger partial charge in [-0.1, -0.05) is 61.9 Å².